The lowest BCUT2D eigenvalue weighted by Gasteiger charge is -2.17. The van der Waals surface area contributed by atoms with Gasteiger partial charge in [-0.3, -0.25) is 4.79 Å². The van der Waals surface area contributed by atoms with Crippen molar-refractivity contribution in [2.75, 3.05) is 11.9 Å². The molecule has 1 atom stereocenters. The molecule has 0 aromatic rings. The average Bonchev–Trinajstić information content (AvgIpc) is 2.25. The van der Waals surface area contributed by atoms with E-state index >= 15 is 0 Å². The molecule has 0 aliphatic rings. The van der Waals surface area contributed by atoms with Crippen molar-refractivity contribution in [2.45, 2.75) is 46.5 Å². The smallest absolute Gasteiger partial charge is 0.223 e. The van der Waals surface area contributed by atoms with E-state index in [0.29, 0.717) is 5.92 Å². The van der Waals surface area contributed by atoms with E-state index in [2.05, 4.69) is 42.0 Å². The van der Waals surface area contributed by atoms with Gasteiger partial charge in [0.05, 0.1) is 0 Å². The van der Waals surface area contributed by atoms with Crippen LogP contribution in [-0.2, 0) is 4.79 Å². The lowest BCUT2D eigenvalue weighted by atomic mass is 10.0. The molecule has 1 unspecified atom stereocenters. The van der Waals surface area contributed by atoms with Gasteiger partial charge in [0, 0.05) is 17.8 Å². The molecule has 0 aromatic carbocycles. The zero-order valence-electron chi connectivity index (χ0n) is 10.2. The van der Waals surface area contributed by atoms with Crippen molar-refractivity contribution >= 4 is 21.8 Å². The maximum atomic E-state index is 11.7. The zero-order chi connectivity index (χ0) is 11.7. The van der Waals surface area contributed by atoms with Gasteiger partial charge >= 0.3 is 0 Å². The van der Waals surface area contributed by atoms with Crippen LogP contribution in [0.3, 0.4) is 0 Å². The predicted molar refractivity (Wildman–Crippen MR) is 69.3 cm³/mol. The van der Waals surface area contributed by atoms with Crippen molar-refractivity contribution in [1.29, 1.82) is 0 Å². The minimum atomic E-state index is 0.200. The monoisotopic (exact) mass is 277 g/mol. The summed E-state index contributed by atoms with van der Waals surface area (Å²) in [5, 5.41) is 4.08. The fraction of sp³-hybridized carbons (Fsp3) is 0.917. The van der Waals surface area contributed by atoms with E-state index in [1.807, 2.05) is 0 Å². The molecule has 0 aliphatic carbocycles. The summed E-state index contributed by atoms with van der Waals surface area (Å²) in [5.74, 6) is 1.04. The fourth-order valence-electron chi connectivity index (χ4n) is 1.65. The Hall–Kier alpha value is -0.0500. The molecule has 90 valence electrons. The summed E-state index contributed by atoms with van der Waals surface area (Å²) in [5.41, 5.74) is 0. The summed E-state index contributed by atoms with van der Waals surface area (Å²) in [4.78, 5) is 11.7. The highest BCUT2D eigenvalue weighted by Gasteiger charge is 2.14. The second-order valence-corrected chi connectivity index (χ2v) is 4.80. The van der Waals surface area contributed by atoms with Crippen LogP contribution < -0.4 is 5.32 Å². The van der Waals surface area contributed by atoms with Crippen molar-refractivity contribution in [2.24, 2.45) is 11.8 Å². The van der Waals surface area contributed by atoms with E-state index in [0.717, 1.165) is 37.6 Å². The molecule has 0 aromatic heterocycles. The van der Waals surface area contributed by atoms with Gasteiger partial charge in [-0.15, -0.1) is 0 Å². The van der Waals surface area contributed by atoms with Gasteiger partial charge in [0.1, 0.15) is 0 Å². The number of nitrogens with one attached hydrogen (secondary N) is 1. The van der Waals surface area contributed by atoms with Crippen molar-refractivity contribution in [3.8, 4) is 0 Å². The number of alkyl halides is 1. The Morgan fingerprint density at radius 3 is 2.20 bits per heavy atom. The van der Waals surface area contributed by atoms with E-state index in [1.54, 1.807) is 0 Å². The van der Waals surface area contributed by atoms with Crippen LogP contribution in [0.1, 0.15) is 46.5 Å². The summed E-state index contributed by atoms with van der Waals surface area (Å²) < 4.78 is 0. The molecule has 2 nitrogen and oxygen atoms in total. The first kappa shape index (κ1) is 14.9. The molecule has 1 N–H and O–H groups in total. The molecule has 0 spiro atoms. The molecule has 0 radical (unpaired) electrons. The first-order valence-corrected chi connectivity index (χ1v) is 7.15. The number of carbonyl (C=O) groups excluding carboxylic acids is 1. The maximum Gasteiger partial charge on any atom is 0.223 e. The lowest BCUT2D eigenvalue weighted by molar-refractivity contribution is -0.125. The normalized spacial score (nSPS) is 12.9. The zero-order valence-corrected chi connectivity index (χ0v) is 11.8. The number of carbonyl (C=O) groups is 1. The van der Waals surface area contributed by atoms with Crippen LogP contribution >= 0.6 is 15.9 Å². The highest BCUT2D eigenvalue weighted by Crippen LogP contribution is 2.11. The fourth-order valence-corrected chi connectivity index (χ4v) is 2.30. The highest BCUT2D eigenvalue weighted by atomic mass is 79.9. The third-order valence-corrected chi connectivity index (χ3v) is 3.47. The predicted octanol–water partition coefficient (Wildman–Crippen LogP) is 3.35. The van der Waals surface area contributed by atoms with Gasteiger partial charge < -0.3 is 5.32 Å². The minimum absolute atomic E-state index is 0.200. The van der Waals surface area contributed by atoms with Crippen LogP contribution in [-0.4, -0.2) is 17.8 Å². The molecule has 0 saturated carbocycles. The summed E-state index contributed by atoms with van der Waals surface area (Å²) in [7, 11) is 0. The molecular weight excluding hydrogens is 254 g/mol. The van der Waals surface area contributed by atoms with Crippen LogP contribution in [0.4, 0.5) is 0 Å². The van der Waals surface area contributed by atoms with Crippen molar-refractivity contribution in [1.82, 2.24) is 5.32 Å². The summed E-state index contributed by atoms with van der Waals surface area (Å²) in [6.07, 6.45) is 4.16. The van der Waals surface area contributed by atoms with Gasteiger partial charge in [-0.1, -0.05) is 43.1 Å². The number of hydrogen-bond donors (Lipinski definition) is 1. The molecule has 0 saturated heterocycles. The Labute approximate surface area is 102 Å². The standard InChI is InChI=1S/C12H24BrNO/c1-4-10(7-8-13)9-14-12(15)11(5-2)6-3/h10-11H,4-9H2,1-3H3,(H,14,15). The molecule has 0 rings (SSSR count). The van der Waals surface area contributed by atoms with Crippen molar-refractivity contribution in [3.63, 3.8) is 0 Å². The summed E-state index contributed by atoms with van der Waals surface area (Å²) >= 11 is 3.44. The van der Waals surface area contributed by atoms with Crippen LogP contribution in [0.2, 0.25) is 0 Å². The lowest BCUT2D eigenvalue weighted by Crippen LogP contribution is -2.34. The van der Waals surface area contributed by atoms with E-state index in [9.17, 15) is 4.79 Å². The topological polar surface area (TPSA) is 29.1 Å². The third-order valence-electron chi connectivity index (χ3n) is 3.02. The van der Waals surface area contributed by atoms with E-state index < -0.39 is 0 Å². The minimum Gasteiger partial charge on any atom is -0.356 e. The largest absolute Gasteiger partial charge is 0.356 e. The average molecular weight is 278 g/mol. The first-order valence-electron chi connectivity index (χ1n) is 6.03. The summed E-state index contributed by atoms with van der Waals surface area (Å²) in [6, 6.07) is 0. The summed E-state index contributed by atoms with van der Waals surface area (Å²) in [6.45, 7) is 7.15. The molecule has 3 heteroatoms. The van der Waals surface area contributed by atoms with Gasteiger partial charge in [-0.25, -0.2) is 0 Å². The Morgan fingerprint density at radius 2 is 1.80 bits per heavy atom. The molecular formula is C12H24BrNO. The Morgan fingerprint density at radius 1 is 1.20 bits per heavy atom. The quantitative estimate of drug-likeness (QED) is 0.678. The number of halogens is 1. The second-order valence-electron chi connectivity index (χ2n) is 4.01. The van der Waals surface area contributed by atoms with Gasteiger partial charge in [-0.05, 0) is 25.2 Å². The molecule has 0 heterocycles. The van der Waals surface area contributed by atoms with Crippen molar-refractivity contribution < 1.29 is 4.79 Å². The number of rotatable bonds is 8. The molecule has 15 heavy (non-hydrogen) atoms. The Kier molecular flexibility index (Phi) is 9.17. The Balaban J connectivity index is 3.85. The molecule has 1 amide bonds. The third kappa shape index (κ3) is 6.18. The number of hydrogen-bond acceptors (Lipinski definition) is 1. The van der Waals surface area contributed by atoms with Gasteiger partial charge in [0.25, 0.3) is 0 Å². The number of amides is 1. The van der Waals surface area contributed by atoms with Crippen LogP contribution in [0, 0.1) is 11.8 Å². The molecule has 0 fully saturated rings. The van der Waals surface area contributed by atoms with Gasteiger partial charge in [-0.2, -0.15) is 0 Å². The van der Waals surface area contributed by atoms with Crippen LogP contribution in [0.25, 0.3) is 0 Å². The van der Waals surface area contributed by atoms with Crippen LogP contribution in [0.5, 0.6) is 0 Å². The van der Waals surface area contributed by atoms with Gasteiger partial charge in [0.15, 0.2) is 0 Å². The van der Waals surface area contributed by atoms with E-state index in [-0.39, 0.29) is 11.8 Å². The van der Waals surface area contributed by atoms with E-state index in [1.165, 1.54) is 0 Å². The first-order chi connectivity index (χ1) is 7.19. The molecule has 0 bridgehead atoms. The van der Waals surface area contributed by atoms with E-state index in [4.69, 9.17) is 0 Å². The SMILES string of the molecule is CCC(CCBr)CNC(=O)C(CC)CC. The maximum absolute atomic E-state index is 11.7. The second kappa shape index (κ2) is 9.20. The van der Waals surface area contributed by atoms with Crippen LogP contribution in [0.15, 0.2) is 0 Å². The van der Waals surface area contributed by atoms with Crippen molar-refractivity contribution in [3.05, 3.63) is 0 Å². The molecule has 0 aliphatic heterocycles. The Bertz CT molecular complexity index is 169. The van der Waals surface area contributed by atoms with Gasteiger partial charge in [0.2, 0.25) is 5.91 Å². The highest BCUT2D eigenvalue weighted by molar-refractivity contribution is 9.09.